The topological polar surface area (TPSA) is 95.4 Å². The Labute approximate surface area is 123 Å². The van der Waals surface area contributed by atoms with Gasteiger partial charge in [-0.3, -0.25) is 9.59 Å². The van der Waals surface area contributed by atoms with E-state index in [1.165, 1.54) is 4.90 Å². The summed E-state index contributed by atoms with van der Waals surface area (Å²) >= 11 is 0. The standard InChI is InChI=1S/C14H20N4O3/c1-18(2)13(19)11-7-8-12(17-16-11)15-10-6-4-3-5-9(10)14(20)21/h7-10H,3-6H2,1-2H3,(H,15,17)(H,20,21). The van der Waals surface area contributed by atoms with E-state index < -0.39 is 11.9 Å². The maximum absolute atomic E-state index is 11.7. The second-order valence-corrected chi connectivity index (χ2v) is 5.48. The van der Waals surface area contributed by atoms with E-state index >= 15 is 0 Å². The van der Waals surface area contributed by atoms with E-state index in [9.17, 15) is 14.7 Å². The molecule has 1 amide bonds. The summed E-state index contributed by atoms with van der Waals surface area (Å²) in [6, 6.07) is 3.12. The van der Waals surface area contributed by atoms with Crippen LogP contribution in [0.5, 0.6) is 0 Å². The summed E-state index contributed by atoms with van der Waals surface area (Å²) in [7, 11) is 3.30. The Morgan fingerprint density at radius 1 is 1.24 bits per heavy atom. The zero-order chi connectivity index (χ0) is 15.4. The summed E-state index contributed by atoms with van der Waals surface area (Å²) in [4.78, 5) is 24.4. The van der Waals surface area contributed by atoms with Crippen molar-refractivity contribution in [3.63, 3.8) is 0 Å². The predicted molar refractivity (Wildman–Crippen MR) is 77.1 cm³/mol. The van der Waals surface area contributed by atoms with Gasteiger partial charge in [0.05, 0.1) is 5.92 Å². The minimum absolute atomic E-state index is 0.138. The molecule has 1 aromatic rings. The van der Waals surface area contributed by atoms with Crippen molar-refractivity contribution in [1.29, 1.82) is 0 Å². The van der Waals surface area contributed by atoms with Crippen LogP contribution in [0.25, 0.3) is 0 Å². The smallest absolute Gasteiger partial charge is 0.308 e. The van der Waals surface area contributed by atoms with Gasteiger partial charge in [-0.1, -0.05) is 12.8 Å². The van der Waals surface area contributed by atoms with Crippen LogP contribution in [0.3, 0.4) is 0 Å². The van der Waals surface area contributed by atoms with Crippen LogP contribution in [-0.2, 0) is 4.79 Å². The number of aromatic nitrogens is 2. The van der Waals surface area contributed by atoms with Crippen LogP contribution in [0.4, 0.5) is 5.82 Å². The van der Waals surface area contributed by atoms with E-state index in [2.05, 4.69) is 15.5 Å². The summed E-state index contributed by atoms with van der Waals surface area (Å²) in [6.07, 6.45) is 3.43. The molecule has 1 aliphatic rings. The van der Waals surface area contributed by atoms with Crippen molar-refractivity contribution >= 4 is 17.7 Å². The van der Waals surface area contributed by atoms with Crippen LogP contribution in [0.2, 0.25) is 0 Å². The van der Waals surface area contributed by atoms with Crippen molar-refractivity contribution in [3.05, 3.63) is 17.8 Å². The molecule has 21 heavy (non-hydrogen) atoms. The van der Waals surface area contributed by atoms with Gasteiger partial charge in [0.25, 0.3) is 5.91 Å². The number of nitrogens with zero attached hydrogens (tertiary/aromatic N) is 3. The van der Waals surface area contributed by atoms with E-state index in [1.807, 2.05) is 0 Å². The number of carbonyl (C=O) groups excluding carboxylic acids is 1. The largest absolute Gasteiger partial charge is 0.481 e. The molecule has 1 saturated carbocycles. The number of carbonyl (C=O) groups is 2. The lowest BCUT2D eigenvalue weighted by atomic mass is 9.84. The third-order valence-electron chi connectivity index (χ3n) is 3.71. The fraction of sp³-hybridized carbons (Fsp3) is 0.571. The normalized spacial score (nSPS) is 21.6. The maximum Gasteiger partial charge on any atom is 0.308 e. The first kappa shape index (κ1) is 15.2. The Balaban J connectivity index is 2.05. The molecule has 7 heteroatoms. The fourth-order valence-corrected chi connectivity index (χ4v) is 2.54. The number of carboxylic acid groups (broad SMARTS) is 1. The third kappa shape index (κ3) is 3.68. The number of rotatable bonds is 4. The lowest BCUT2D eigenvalue weighted by molar-refractivity contribution is -0.143. The molecule has 114 valence electrons. The highest BCUT2D eigenvalue weighted by molar-refractivity contribution is 5.91. The minimum atomic E-state index is -0.778. The molecule has 0 saturated heterocycles. The molecule has 0 bridgehead atoms. The average molecular weight is 292 g/mol. The number of hydrogen-bond donors (Lipinski definition) is 2. The van der Waals surface area contributed by atoms with Crippen LogP contribution in [0.1, 0.15) is 36.2 Å². The van der Waals surface area contributed by atoms with Crippen LogP contribution >= 0.6 is 0 Å². The van der Waals surface area contributed by atoms with Crippen molar-refractivity contribution in [2.75, 3.05) is 19.4 Å². The molecule has 0 aliphatic heterocycles. The average Bonchev–Trinajstić information content (AvgIpc) is 2.47. The molecule has 1 heterocycles. The molecule has 1 fully saturated rings. The number of anilines is 1. The molecule has 7 nitrogen and oxygen atoms in total. The molecular formula is C14H20N4O3. The lowest BCUT2D eigenvalue weighted by Gasteiger charge is -2.29. The molecule has 2 rings (SSSR count). The highest BCUT2D eigenvalue weighted by atomic mass is 16.4. The summed E-state index contributed by atoms with van der Waals surface area (Å²) in [5.41, 5.74) is 0.268. The van der Waals surface area contributed by atoms with Crippen molar-refractivity contribution in [2.24, 2.45) is 5.92 Å². The maximum atomic E-state index is 11.7. The van der Waals surface area contributed by atoms with Crippen LogP contribution in [0.15, 0.2) is 12.1 Å². The van der Waals surface area contributed by atoms with Gasteiger partial charge < -0.3 is 15.3 Å². The van der Waals surface area contributed by atoms with Gasteiger partial charge in [-0.15, -0.1) is 10.2 Å². The Morgan fingerprint density at radius 3 is 2.52 bits per heavy atom. The van der Waals surface area contributed by atoms with E-state index in [-0.39, 0.29) is 17.6 Å². The molecule has 2 unspecified atom stereocenters. The lowest BCUT2D eigenvalue weighted by Crippen LogP contribution is -2.37. The first-order valence-electron chi connectivity index (χ1n) is 7.03. The van der Waals surface area contributed by atoms with Gasteiger partial charge in [0.15, 0.2) is 5.69 Å². The Kier molecular flexibility index (Phi) is 4.72. The number of nitrogens with one attached hydrogen (secondary N) is 1. The minimum Gasteiger partial charge on any atom is -0.481 e. The van der Waals surface area contributed by atoms with Gasteiger partial charge in [0.1, 0.15) is 5.82 Å². The first-order chi connectivity index (χ1) is 9.99. The monoisotopic (exact) mass is 292 g/mol. The number of amides is 1. The SMILES string of the molecule is CN(C)C(=O)c1ccc(NC2CCCCC2C(=O)O)nn1. The Hall–Kier alpha value is -2.18. The van der Waals surface area contributed by atoms with E-state index in [1.54, 1.807) is 26.2 Å². The van der Waals surface area contributed by atoms with E-state index in [4.69, 9.17) is 0 Å². The molecule has 0 radical (unpaired) electrons. The van der Waals surface area contributed by atoms with E-state index in [0.29, 0.717) is 12.2 Å². The third-order valence-corrected chi connectivity index (χ3v) is 3.71. The molecule has 0 spiro atoms. The molecule has 2 atom stereocenters. The summed E-state index contributed by atoms with van der Waals surface area (Å²) in [5, 5.41) is 20.2. The molecule has 1 aliphatic carbocycles. The predicted octanol–water partition coefficient (Wildman–Crippen LogP) is 1.23. The zero-order valence-corrected chi connectivity index (χ0v) is 12.2. The zero-order valence-electron chi connectivity index (χ0n) is 12.2. The Bertz CT molecular complexity index is 515. The van der Waals surface area contributed by atoms with Crippen LogP contribution < -0.4 is 5.32 Å². The first-order valence-corrected chi connectivity index (χ1v) is 7.03. The summed E-state index contributed by atoms with van der Waals surface area (Å²) < 4.78 is 0. The molecule has 0 aromatic carbocycles. The van der Waals surface area contributed by atoms with Crippen molar-refractivity contribution < 1.29 is 14.7 Å². The Morgan fingerprint density at radius 2 is 1.95 bits per heavy atom. The van der Waals surface area contributed by atoms with Crippen molar-refractivity contribution in [1.82, 2.24) is 15.1 Å². The number of hydrogen-bond acceptors (Lipinski definition) is 5. The van der Waals surface area contributed by atoms with Crippen molar-refractivity contribution in [3.8, 4) is 0 Å². The van der Waals surface area contributed by atoms with E-state index in [0.717, 1.165) is 19.3 Å². The van der Waals surface area contributed by atoms with Gasteiger partial charge in [0, 0.05) is 20.1 Å². The van der Waals surface area contributed by atoms with Gasteiger partial charge in [-0.05, 0) is 25.0 Å². The number of carboxylic acids is 1. The van der Waals surface area contributed by atoms with Gasteiger partial charge in [-0.25, -0.2) is 0 Å². The van der Waals surface area contributed by atoms with Gasteiger partial charge in [-0.2, -0.15) is 0 Å². The van der Waals surface area contributed by atoms with Crippen LogP contribution in [-0.4, -0.2) is 52.2 Å². The van der Waals surface area contributed by atoms with Gasteiger partial charge >= 0.3 is 5.97 Å². The second kappa shape index (κ2) is 6.51. The highest BCUT2D eigenvalue weighted by Gasteiger charge is 2.30. The fourth-order valence-electron chi connectivity index (χ4n) is 2.54. The van der Waals surface area contributed by atoms with Crippen LogP contribution in [0, 0.1) is 5.92 Å². The molecular weight excluding hydrogens is 272 g/mol. The quantitative estimate of drug-likeness (QED) is 0.866. The summed E-state index contributed by atoms with van der Waals surface area (Å²) in [6.45, 7) is 0. The van der Waals surface area contributed by atoms with Crippen molar-refractivity contribution in [2.45, 2.75) is 31.7 Å². The summed E-state index contributed by atoms with van der Waals surface area (Å²) in [5.74, 6) is -0.887. The highest BCUT2D eigenvalue weighted by Crippen LogP contribution is 2.26. The molecule has 1 aromatic heterocycles. The number of aliphatic carboxylic acids is 1. The molecule has 2 N–H and O–H groups in total. The second-order valence-electron chi connectivity index (χ2n) is 5.48. The van der Waals surface area contributed by atoms with Gasteiger partial charge in [0.2, 0.25) is 0 Å².